The van der Waals surface area contributed by atoms with Crippen molar-refractivity contribution in [3.63, 3.8) is 0 Å². The lowest BCUT2D eigenvalue weighted by Crippen LogP contribution is -2.19. The fourth-order valence-electron chi connectivity index (χ4n) is 2.35. The second-order valence-corrected chi connectivity index (χ2v) is 7.18. The van der Waals surface area contributed by atoms with Crippen molar-refractivity contribution in [3.8, 4) is 0 Å². The van der Waals surface area contributed by atoms with E-state index in [1.165, 1.54) is 0 Å². The van der Waals surface area contributed by atoms with Crippen molar-refractivity contribution in [1.29, 1.82) is 0 Å². The molecule has 0 aliphatic carbocycles. The van der Waals surface area contributed by atoms with E-state index in [1.54, 1.807) is 6.07 Å². The molecule has 6 heteroatoms. The van der Waals surface area contributed by atoms with Gasteiger partial charge in [0.25, 0.3) is 0 Å². The van der Waals surface area contributed by atoms with Gasteiger partial charge in [0.05, 0.1) is 24.2 Å². The highest BCUT2D eigenvalue weighted by molar-refractivity contribution is 7.92. The van der Waals surface area contributed by atoms with Crippen LogP contribution in [0.5, 0.6) is 0 Å². The topological polar surface area (TPSA) is 67.4 Å². The molecule has 1 aromatic rings. The maximum atomic E-state index is 11.2. The van der Waals surface area contributed by atoms with Crippen LogP contribution in [0, 0.1) is 6.92 Å². The second kappa shape index (κ2) is 6.01. The van der Waals surface area contributed by atoms with Gasteiger partial charge >= 0.3 is 0 Å². The number of aryl methyl sites for hydroxylation is 1. The Bertz CT molecular complexity index is 572. The third-order valence-corrected chi connectivity index (χ3v) is 3.97. The molecule has 1 fully saturated rings. The van der Waals surface area contributed by atoms with E-state index < -0.39 is 10.0 Å². The molecule has 0 saturated carbocycles. The van der Waals surface area contributed by atoms with E-state index in [4.69, 9.17) is 4.74 Å². The molecule has 2 N–H and O–H groups in total. The van der Waals surface area contributed by atoms with Gasteiger partial charge in [0.15, 0.2) is 0 Å². The zero-order valence-corrected chi connectivity index (χ0v) is 13.0. The highest BCUT2D eigenvalue weighted by Crippen LogP contribution is 2.22. The number of hydrogen-bond donors (Lipinski definition) is 2. The molecule has 1 aromatic carbocycles. The first-order valence-corrected chi connectivity index (χ1v) is 8.70. The van der Waals surface area contributed by atoms with Gasteiger partial charge < -0.3 is 10.1 Å². The van der Waals surface area contributed by atoms with E-state index in [2.05, 4.69) is 17.0 Å². The average Bonchev–Trinajstić information content (AvgIpc) is 2.74. The van der Waals surface area contributed by atoms with E-state index in [0.717, 1.165) is 36.9 Å². The molecule has 0 spiro atoms. The van der Waals surface area contributed by atoms with Gasteiger partial charge in [-0.05, 0) is 50.5 Å². The molecule has 0 radical (unpaired) electrons. The minimum Gasteiger partial charge on any atom is -0.382 e. The Hall–Kier alpha value is -1.27. The van der Waals surface area contributed by atoms with Gasteiger partial charge in [0.1, 0.15) is 0 Å². The summed E-state index contributed by atoms with van der Waals surface area (Å²) in [6, 6.07) is 5.58. The van der Waals surface area contributed by atoms with Crippen molar-refractivity contribution in [2.75, 3.05) is 22.8 Å². The van der Waals surface area contributed by atoms with Crippen molar-refractivity contribution in [2.24, 2.45) is 0 Å². The molecule has 0 amide bonds. The fourth-order valence-corrected chi connectivity index (χ4v) is 2.98. The minimum atomic E-state index is -3.23. The highest BCUT2D eigenvalue weighted by atomic mass is 32.2. The van der Waals surface area contributed by atoms with Crippen LogP contribution in [-0.2, 0) is 14.8 Å². The molecule has 2 unspecified atom stereocenters. The van der Waals surface area contributed by atoms with Gasteiger partial charge in [-0.15, -0.1) is 0 Å². The van der Waals surface area contributed by atoms with Crippen molar-refractivity contribution < 1.29 is 13.2 Å². The fraction of sp³-hybridized carbons (Fsp3) is 0.571. The predicted molar refractivity (Wildman–Crippen MR) is 81.7 cm³/mol. The third kappa shape index (κ3) is 4.38. The summed E-state index contributed by atoms with van der Waals surface area (Å²) < 4.78 is 30.7. The van der Waals surface area contributed by atoms with E-state index in [1.807, 2.05) is 19.1 Å². The predicted octanol–water partition coefficient (Wildman–Crippen LogP) is 2.35. The number of rotatable bonds is 5. The molecule has 1 aliphatic heterocycles. The summed E-state index contributed by atoms with van der Waals surface area (Å²) in [5.41, 5.74) is 2.48. The van der Waals surface area contributed by atoms with Crippen molar-refractivity contribution >= 4 is 21.4 Å². The standard InChI is InChI=1S/C14H22N2O3S/c1-10-8-12(5-7-14(10)16-20(3,17)18)15-9-13-6-4-11(2)19-13/h5,7-8,11,13,15-16H,4,6,9H2,1-3H3. The Labute approximate surface area is 120 Å². The van der Waals surface area contributed by atoms with Crippen LogP contribution < -0.4 is 10.0 Å². The van der Waals surface area contributed by atoms with Crippen molar-refractivity contribution in [1.82, 2.24) is 0 Å². The Morgan fingerprint density at radius 3 is 2.65 bits per heavy atom. The van der Waals surface area contributed by atoms with Gasteiger partial charge in [0, 0.05) is 12.2 Å². The quantitative estimate of drug-likeness (QED) is 0.875. The largest absolute Gasteiger partial charge is 0.382 e. The summed E-state index contributed by atoms with van der Waals surface area (Å²) in [6.45, 7) is 4.76. The lowest BCUT2D eigenvalue weighted by atomic mass is 10.1. The van der Waals surface area contributed by atoms with Crippen molar-refractivity contribution in [2.45, 2.75) is 38.9 Å². The number of nitrogens with one attached hydrogen (secondary N) is 2. The van der Waals surface area contributed by atoms with Crippen LogP contribution in [0.3, 0.4) is 0 Å². The first-order valence-electron chi connectivity index (χ1n) is 6.81. The van der Waals surface area contributed by atoms with Gasteiger partial charge in [0.2, 0.25) is 10.0 Å². The van der Waals surface area contributed by atoms with Crippen LogP contribution in [0.2, 0.25) is 0 Å². The molecular weight excluding hydrogens is 276 g/mol. The maximum absolute atomic E-state index is 11.2. The Morgan fingerprint density at radius 2 is 2.10 bits per heavy atom. The van der Waals surface area contributed by atoms with Crippen LogP contribution in [0.15, 0.2) is 18.2 Å². The van der Waals surface area contributed by atoms with E-state index in [0.29, 0.717) is 11.8 Å². The van der Waals surface area contributed by atoms with Crippen LogP contribution in [0.4, 0.5) is 11.4 Å². The number of hydrogen-bond acceptors (Lipinski definition) is 4. The normalized spacial score (nSPS) is 22.8. The molecule has 20 heavy (non-hydrogen) atoms. The third-order valence-electron chi connectivity index (χ3n) is 3.38. The average molecular weight is 298 g/mol. The highest BCUT2D eigenvalue weighted by Gasteiger charge is 2.21. The van der Waals surface area contributed by atoms with Crippen LogP contribution in [-0.4, -0.2) is 33.4 Å². The minimum absolute atomic E-state index is 0.263. The summed E-state index contributed by atoms with van der Waals surface area (Å²) in [4.78, 5) is 0. The molecular formula is C14H22N2O3S. The van der Waals surface area contributed by atoms with E-state index >= 15 is 0 Å². The smallest absolute Gasteiger partial charge is 0.229 e. The summed E-state index contributed by atoms with van der Waals surface area (Å²) >= 11 is 0. The maximum Gasteiger partial charge on any atom is 0.229 e. The van der Waals surface area contributed by atoms with Gasteiger partial charge in [-0.3, -0.25) is 4.72 Å². The zero-order chi connectivity index (χ0) is 14.8. The molecule has 0 bridgehead atoms. The van der Waals surface area contributed by atoms with Crippen molar-refractivity contribution in [3.05, 3.63) is 23.8 Å². The molecule has 1 saturated heterocycles. The zero-order valence-electron chi connectivity index (χ0n) is 12.1. The van der Waals surface area contributed by atoms with Crippen LogP contribution in [0.25, 0.3) is 0 Å². The SMILES string of the molecule is Cc1cc(NCC2CCC(C)O2)ccc1NS(C)(=O)=O. The van der Waals surface area contributed by atoms with E-state index in [9.17, 15) is 8.42 Å². The number of anilines is 2. The first-order chi connectivity index (χ1) is 9.33. The summed E-state index contributed by atoms with van der Waals surface area (Å²) in [6.07, 6.45) is 3.96. The molecule has 1 aliphatic rings. The Kier molecular flexibility index (Phi) is 4.55. The lowest BCUT2D eigenvalue weighted by molar-refractivity contribution is 0.0637. The molecule has 2 atom stereocenters. The summed E-state index contributed by atoms with van der Waals surface area (Å²) in [7, 11) is -3.23. The Balaban J connectivity index is 1.95. The second-order valence-electron chi connectivity index (χ2n) is 5.43. The van der Waals surface area contributed by atoms with Gasteiger partial charge in [-0.25, -0.2) is 8.42 Å². The lowest BCUT2D eigenvalue weighted by Gasteiger charge is -2.15. The molecule has 5 nitrogen and oxygen atoms in total. The molecule has 0 aromatic heterocycles. The molecule has 112 valence electrons. The molecule has 1 heterocycles. The van der Waals surface area contributed by atoms with E-state index in [-0.39, 0.29) is 6.10 Å². The number of ether oxygens (including phenoxy) is 1. The van der Waals surface area contributed by atoms with Gasteiger partial charge in [-0.1, -0.05) is 0 Å². The molecule has 2 rings (SSSR count). The monoisotopic (exact) mass is 298 g/mol. The summed E-state index contributed by atoms with van der Waals surface area (Å²) in [5, 5.41) is 3.34. The summed E-state index contributed by atoms with van der Waals surface area (Å²) in [5.74, 6) is 0. The van der Waals surface area contributed by atoms with Crippen LogP contribution >= 0.6 is 0 Å². The number of sulfonamides is 1. The van der Waals surface area contributed by atoms with Gasteiger partial charge in [-0.2, -0.15) is 0 Å². The Morgan fingerprint density at radius 1 is 1.35 bits per heavy atom. The number of benzene rings is 1. The van der Waals surface area contributed by atoms with Crippen LogP contribution in [0.1, 0.15) is 25.3 Å². The first kappa shape index (κ1) is 15.1.